The van der Waals surface area contributed by atoms with Crippen LogP contribution < -0.4 is 5.32 Å². The number of nitrogens with zero attached hydrogens (tertiary/aromatic N) is 1. The zero-order chi connectivity index (χ0) is 14.7. The largest absolute Gasteiger partial charge is 0.353 e. The molecule has 5 heteroatoms. The zero-order valence-corrected chi connectivity index (χ0v) is 13.0. The number of carbonyl (C=O) groups excluding carboxylic acids is 2. The number of amides is 2. The molecule has 2 aliphatic rings. The first-order valence-corrected chi connectivity index (χ1v) is 8.77. The molecule has 0 aromatic carbocycles. The minimum atomic E-state index is 0.142. The molecule has 4 nitrogen and oxygen atoms in total. The second-order valence-corrected chi connectivity index (χ2v) is 6.93. The summed E-state index contributed by atoms with van der Waals surface area (Å²) in [5, 5.41) is 6.88. The Hall–Kier alpha value is -1.36. The van der Waals surface area contributed by atoms with E-state index in [1.165, 1.54) is 0 Å². The van der Waals surface area contributed by atoms with E-state index in [4.69, 9.17) is 0 Å². The number of thiophene rings is 1. The lowest BCUT2D eigenvalue weighted by atomic mass is 9.93. The molecule has 2 heterocycles. The predicted octanol–water partition coefficient (Wildman–Crippen LogP) is 2.66. The highest BCUT2D eigenvalue weighted by atomic mass is 32.1. The number of hydrogen-bond donors (Lipinski definition) is 1. The number of piperidine rings is 1. The number of carbonyl (C=O) groups is 2. The van der Waals surface area contributed by atoms with Crippen LogP contribution in [0.4, 0.5) is 0 Å². The second kappa shape index (κ2) is 6.60. The van der Waals surface area contributed by atoms with Crippen molar-refractivity contribution in [2.24, 2.45) is 5.92 Å². The highest BCUT2D eigenvalue weighted by Crippen LogP contribution is 2.24. The van der Waals surface area contributed by atoms with E-state index in [2.05, 4.69) is 5.32 Å². The average Bonchev–Trinajstić information content (AvgIpc) is 3.14. The smallest absolute Gasteiger partial charge is 0.254 e. The van der Waals surface area contributed by atoms with Crippen molar-refractivity contribution >= 4 is 23.2 Å². The molecule has 0 unspecified atom stereocenters. The molecule has 0 radical (unpaired) electrons. The minimum Gasteiger partial charge on any atom is -0.353 e. The zero-order valence-electron chi connectivity index (χ0n) is 12.2. The van der Waals surface area contributed by atoms with Gasteiger partial charge in [-0.1, -0.05) is 0 Å². The van der Waals surface area contributed by atoms with Gasteiger partial charge in [0.05, 0.1) is 5.56 Å². The van der Waals surface area contributed by atoms with Gasteiger partial charge in [-0.25, -0.2) is 0 Å². The third-order valence-corrected chi connectivity index (χ3v) is 4.98. The van der Waals surface area contributed by atoms with Crippen molar-refractivity contribution in [3.8, 4) is 0 Å². The first kappa shape index (κ1) is 14.6. The van der Waals surface area contributed by atoms with Gasteiger partial charge >= 0.3 is 0 Å². The average molecular weight is 306 g/mol. The molecule has 1 saturated heterocycles. The molecule has 2 fully saturated rings. The fourth-order valence-electron chi connectivity index (χ4n) is 2.92. The Balaban J connectivity index is 1.46. The highest BCUT2D eigenvalue weighted by molar-refractivity contribution is 7.08. The quantitative estimate of drug-likeness (QED) is 0.909. The fraction of sp³-hybridized carbons (Fsp3) is 0.625. The van der Waals surface area contributed by atoms with E-state index < -0.39 is 0 Å². The summed E-state index contributed by atoms with van der Waals surface area (Å²) in [4.78, 5) is 26.1. The number of nitrogens with one attached hydrogen (secondary N) is 1. The Kier molecular flexibility index (Phi) is 4.58. The van der Waals surface area contributed by atoms with Crippen molar-refractivity contribution in [2.75, 3.05) is 13.1 Å². The van der Waals surface area contributed by atoms with Gasteiger partial charge in [-0.15, -0.1) is 0 Å². The van der Waals surface area contributed by atoms with Crippen molar-refractivity contribution in [1.82, 2.24) is 10.2 Å². The van der Waals surface area contributed by atoms with Gasteiger partial charge in [-0.2, -0.15) is 11.3 Å². The van der Waals surface area contributed by atoms with Gasteiger partial charge in [0, 0.05) is 30.9 Å². The van der Waals surface area contributed by atoms with Crippen LogP contribution in [0.2, 0.25) is 0 Å². The van der Waals surface area contributed by atoms with Crippen molar-refractivity contribution in [1.29, 1.82) is 0 Å². The van der Waals surface area contributed by atoms with Gasteiger partial charge in [-0.05, 0) is 49.5 Å². The summed E-state index contributed by atoms with van der Waals surface area (Å²) in [7, 11) is 0. The minimum absolute atomic E-state index is 0.142. The molecule has 1 saturated carbocycles. The normalized spacial score (nSPS) is 22.1. The van der Waals surface area contributed by atoms with Crippen LogP contribution in [0.1, 0.15) is 48.9 Å². The van der Waals surface area contributed by atoms with Crippen LogP contribution in [0.25, 0.3) is 0 Å². The van der Waals surface area contributed by atoms with Crippen molar-refractivity contribution in [3.05, 3.63) is 22.4 Å². The van der Waals surface area contributed by atoms with Crippen LogP contribution in [0.15, 0.2) is 16.8 Å². The van der Waals surface area contributed by atoms with E-state index in [0.717, 1.165) is 50.8 Å². The SMILES string of the molecule is O=C(CC[C@@H]1CCCN(C(=O)c2ccsc2)C1)NC1CC1. The first-order chi connectivity index (χ1) is 10.2. The van der Waals surface area contributed by atoms with Crippen molar-refractivity contribution in [2.45, 2.75) is 44.6 Å². The molecule has 21 heavy (non-hydrogen) atoms. The molecular formula is C16H22N2O2S. The molecule has 2 amide bonds. The molecule has 0 spiro atoms. The number of likely N-dealkylation sites (tertiary alicyclic amines) is 1. The lowest BCUT2D eigenvalue weighted by Gasteiger charge is -2.32. The van der Waals surface area contributed by atoms with Gasteiger partial charge in [0.25, 0.3) is 5.91 Å². The number of rotatable bonds is 5. The third-order valence-electron chi connectivity index (χ3n) is 4.30. The molecule has 114 valence electrons. The van der Waals surface area contributed by atoms with Gasteiger partial charge in [-0.3, -0.25) is 9.59 Å². The van der Waals surface area contributed by atoms with Crippen LogP contribution >= 0.6 is 11.3 Å². The summed E-state index contributed by atoms with van der Waals surface area (Å²) in [5.74, 6) is 0.786. The molecule has 1 N–H and O–H groups in total. The van der Waals surface area contributed by atoms with Crippen LogP contribution in [0.3, 0.4) is 0 Å². The summed E-state index contributed by atoms with van der Waals surface area (Å²) in [6, 6.07) is 2.33. The summed E-state index contributed by atoms with van der Waals surface area (Å²) < 4.78 is 0. The van der Waals surface area contributed by atoms with Gasteiger partial charge in [0.1, 0.15) is 0 Å². The van der Waals surface area contributed by atoms with E-state index in [1.807, 2.05) is 21.7 Å². The van der Waals surface area contributed by atoms with Gasteiger partial charge in [0.15, 0.2) is 0 Å². The van der Waals surface area contributed by atoms with E-state index in [0.29, 0.717) is 18.4 Å². The van der Waals surface area contributed by atoms with Crippen LogP contribution in [-0.2, 0) is 4.79 Å². The lowest BCUT2D eigenvalue weighted by Crippen LogP contribution is -2.40. The number of hydrogen-bond acceptors (Lipinski definition) is 3. The molecule has 1 atom stereocenters. The van der Waals surface area contributed by atoms with Crippen molar-refractivity contribution < 1.29 is 9.59 Å². The molecule has 3 rings (SSSR count). The molecule has 1 aliphatic carbocycles. The Labute approximate surface area is 129 Å². The van der Waals surface area contributed by atoms with Crippen LogP contribution in [-0.4, -0.2) is 35.8 Å². The second-order valence-electron chi connectivity index (χ2n) is 6.15. The van der Waals surface area contributed by atoms with Crippen molar-refractivity contribution in [3.63, 3.8) is 0 Å². The van der Waals surface area contributed by atoms with E-state index in [9.17, 15) is 9.59 Å². The van der Waals surface area contributed by atoms with Crippen LogP contribution in [0.5, 0.6) is 0 Å². The molecular weight excluding hydrogens is 284 g/mol. The summed E-state index contributed by atoms with van der Waals surface area (Å²) >= 11 is 1.56. The monoisotopic (exact) mass is 306 g/mol. The lowest BCUT2D eigenvalue weighted by molar-refractivity contribution is -0.121. The Bertz CT molecular complexity index is 496. The van der Waals surface area contributed by atoms with Gasteiger partial charge in [0.2, 0.25) is 5.91 Å². The summed E-state index contributed by atoms with van der Waals surface area (Å²) in [6.45, 7) is 1.64. The fourth-order valence-corrected chi connectivity index (χ4v) is 3.55. The van der Waals surface area contributed by atoms with Gasteiger partial charge < -0.3 is 10.2 Å². The maximum atomic E-state index is 12.4. The summed E-state index contributed by atoms with van der Waals surface area (Å²) in [6.07, 6.45) is 5.94. The van der Waals surface area contributed by atoms with Crippen LogP contribution in [0, 0.1) is 5.92 Å². The molecule has 1 aromatic rings. The summed E-state index contributed by atoms with van der Waals surface area (Å²) in [5.41, 5.74) is 0.798. The highest BCUT2D eigenvalue weighted by Gasteiger charge is 2.26. The molecule has 1 aromatic heterocycles. The Morgan fingerprint density at radius 1 is 1.33 bits per heavy atom. The molecule has 1 aliphatic heterocycles. The Morgan fingerprint density at radius 2 is 2.19 bits per heavy atom. The third kappa shape index (κ3) is 4.06. The van der Waals surface area contributed by atoms with E-state index >= 15 is 0 Å². The Morgan fingerprint density at radius 3 is 2.90 bits per heavy atom. The predicted molar refractivity (Wildman–Crippen MR) is 83.3 cm³/mol. The van der Waals surface area contributed by atoms with E-state index in [-0.39, 0.29) is 11.8 Å². The maximum Gasteiger partial charge on any atom is 0.254 e. The maximum absolute atomic E-state index is 12.4. The van der Waals surface area contributed by atoms with E-state index in [1.54, 1.807) is 11.3 Å². The topological polar surface area (TPSA) is 49.4 Å². The first-order valence-electron chi connectivity index (χ1n) is 7.83. The standard InChI is InChI=1S/C16H22N2O2S/c19-15(17-14-4-5-14)6-3-12-2-1-8-18(10-12)16(20)13-7-9-21-11-13/h7,9,11-12,14H,1-6,8,10H2,(H,17,19)/t12-/m0/s1. The molecule has 0 bridgehead atoms.